The molecule has 1 aliphatic rings. The van der Waals surface area contributed by atoms with E-state index in [1.165, 1.54) is 10.6 Å². The Balaban J connectivity index is 1.63. The van der Waals surface area contributed by atoms with Crippen LogP contribution in [0.4, 0.5) is 11.4 Å². The van der Waals surface area contributed by atoms with Crippen LogP contribution in [0.25, 0.3) is 5.65 Å². The molecule has 4 rings (SSSR count). The van der Waals surface area contributed by atoms with Crippen molar-refractivity contribution in [1.29, 1.82) is 0 Å². The predicted octanol–water partition coefficient (Wildman–Crippen LogP) is 2.28. The minimum Gasteiger partial charge on any atom is -0.371 e. The van der Waals surface area contributed by atoms with E-state index in [1.807, 2.05) is 0 Å². The van der Waals surface area contributed by atoms with Gasteiger partial charge in [0.05, 0.1) is 5.56 Å². The number of hydrogen-bond acceptors (Lipinski definition) is 5. The monoisotopic (exact) mass is 405 g/mol. The second kappa shape index (κ2) is 7.98. The largest absolute Gasteiger partial charge is 0.371 e. The fourth-order valence-electron chi connectivity index (χ4n) is 3.88. The van der Waals surface area contributed by atoms with E-state index in [9.17, 15) is 14.4 Å². The summed E-state index contributed by atoms with van der Waals surface area (Å²) in [5.41, 5.74) is 7.01. The predicted molar refractivity (Wildman–Crippen MR) is 115 cm³/mol. The van der Waals surface area contributed by atoms with Crippen molar-refractivity contribution in [1.82, 2.24) is 9.38 Å². The minimum absolute atomic E-state index is 0.0896. The second-order valence-electron chi connectivity index (χ2n) is 7.65. The van der Waals surface area contributed by atoms with Crippen molar-refractivity contribution in [2.75, 3.05) is 23.3 Å². The van der Waals surface area contributed by atoms with Crippen molar-refractivity contribution < 1.29 is 9.59 Å². The van der Waals surface area contributed by atoms with E-state index in [0.29, 0.717) is 22.8 Å². The van der Waals surface area contributed by atoms with Crippen LogP contribution in [0, 0.1) is 5.92 Å². The van der Waals surface area contributed by atoms with Crippen molar-refractivity contribution in [2.24, 2.45) is 11.7 Å². The number of nitrogens with one attached hydrogen (secondary N) is 1. The number of fused-ring (bicyclic) bond motifs is 1. The number of piperidine rings is 1. The molecule has 1 atom stereocenters. The molecule has 2 aromatic heterocycles. The van der Waals surface area contributed by atoms with Gasteiger partial charge in [-0.15, -0.1) is 0 Å². The molecule has 1 aliphatic heterocycles. The summed E-state index contributed by atoms with van der Waals surface area (Å²) in [6.07, 6.45) is 5.02. The molecule has 8 nitrogen and oxygen atoms in total. The number of hydrogen-bond donors (Lipinski definition) is 2. The summed E-state index contributed by atoms with van der Waals surface area (Å²) in [7, 11) is 0. The number of amides is 2. The van der Waals surface area contributed by atoms with Gasteiger partial charge in [0.2, 0.25) is 0 Å². The number of nitrogens with zero attached hydrogens (tertiary/aromatic N) is 3. The van der Waals surface area contributed by atoms with Crippen LogP contribution in [0.2, 0.25) is 0 Å². The van der Waals surface area contributed by atoms with Gasteiger partial charge in [0.25, 0.3) is 17.4 Å². The zero-order chi connectivity index (χ0) is 21.3. The molecule has 3 heterocycles. The molecule has 3 N–H and O–H groups in total. The normalized spacial score (nSPS) is 16.4. The van der Waals surface area contributed by atoms with E-state index in [4.69, 9.17) is 5.73 Å². The van der Waals surface area contributed by atoms with Gasteiger partial charge in [-0.2, -0.15) is 0 Å². The lowest BCUT2D eigenvalue weighted by Gasteiger charge is -2.33. The first-order valence-corrected chi connectivity index (χ1v) is 9.90. The van der Waals surface area contributed by atoms with Gasteiger partial charge in [-0.05, 0) is 49.1 Å². The van der Waals surface area contributed by atoms with E-state index in [-0.39, 0.29) is 5.56 Å². The lowest BCUT2D eigenvalue weighted by molar-refractivity contribution is 0.0996. The second-order valence-corrected chi connectivity index (χ2v) is 7.65. The molecule has 0 radical (unpaired) electrons. The number of carbonyl (C=O) groups is 2. The highest BCUT2D eigenvalue weighted by atomic mass is 16.2. The number of benzene rings is 1. The van der Waals surface area contributed by atoms with E-state index < -0.39 is 17.4 Å². The summed E-state index contributed by atoms with van der Waals surface area (Å²) in [4.78, 5) is 43.7. The molecule has 1 aromatic carbocycles. The highest BCUT2D eigenvalue weighted by Gasteiger charge is 2.22. The van der Waals surface area contributed by atoms with Crippen molar-refractivity contribution in [3.8, 4) is 0 Å². The zero-order valence-corrected chi connectivity index (χ0v) is 16.7. The van der Waals surface area contributed by atoms with Crippen LogP contribution in [0.3, 0.4) is 0 Å². The van der Waals surface area contributed by atoms with Crippen LogP contribution in [-0.4, -0.2) is 34.3 Å². The topological polar surface area (TPSA) is 110 Å². The average molecular weight is 405 g/mol. The number of aromatic nitrogens is 2. The average Bonchev–Trinajstić information content (AvgIpc) is 2.74. The van der Waals surface area contributed by atoms with Gasteiger partial charge in [-0.25, -0.2) is 4.98 Å². The third kappa shape index (κ3) is 3.76. The fourth-order valence-corrected chi connectivity index (χ4v) is 3.88. The Bertz CT molecular complexity index is 1190. The highest BCUT2D eigenvalue weighted by Crippen LogP contribution is 2.28. The lowest BCUT2D eigenvalue weighted by atomic mass is 9.98. The molecule has 8 heteroatoms. The Hall–Kier alpha value is -3.68. The summed E-state index contributed by atoms with van der Waals surface area (Å²) >= 11 is 0. The summed E-state index contributed by atoms with van der Waals surface area (Å²) in [5, 5.41) is 2.68. The molecule has 0 bridgehead atoms. The van der Waals surface area contributed by atoms with Crippen LogP contribution in [0.15, 0.2) is 53.6 Å². The molecular formula is C22H23N5O3. The Labute approximate surface area is 173 Å². The van der Waals surface area contributed by atoms with Gasteiger partial charge < -0.3 is 16.0 Å². The van der Waals surface area contributed by atoms with Crippen LogP contribution < -0.4 is 21.5 Å². The molecule has 0 saturated carbocycles. The van der Waals surface area contributed by atoms with Gasteiger partial charge in [-0.1, -0.05) is 13.0 Å². The van der Waals surface area contributed by atoms with Crippen molar-refractivity contribution in [2.45, 2.75) is 19.8 Å². The molecule has 154 valence electrons. The summed E-state index contributed by atoms with van der Waals surface area (Å²) in [5.74, 6) is -0.625. The molecule has 1 saturated heterocycles. The van der Waals surface area contributed by atoms with Crippen LogP contribution >= 0.6 is 0 Å². The van der Waals surface area contributed by atoms with Crippen molar-refractivity contribution in [3.05, 3.63) is 70.3 Å². The van der Waals surface area contributed by atoms with Gasteiger partial charge in [0, 0.05) is 36.9 Å². The summed E-state index contributed by atoms with van der Waals surface area (Å²) in [6, 6.07) is 10.2. The van der Waals surface area contributed by atoms with E-state index in [0.717, 1.165) is 31.6 Å². The number of pyridine rings is 1. The molecule has 3 aromatic rings. The maximum atomic E-state index is 12.7. The number of nitrogens with two attached hydrogens (primary N) is 1. The molecule has 0 spiro atoms. The van der Waals surface area contributed by atoms with Gasteiger partial charge >= 0.3 is 0 Å². The first-order valence-electron chi connectivity index (χ1n) is 9.90. The van der Waals surface area contributed by atoms with Gasteiger partial charge in [-0.3, -0.25) is 18.8 Å². The Kier molecular flexibility index (Phi) is 5.22. The number of primary amides is 1. The highest BCUT2D eigenvalue weighted by molar-refractivity contribution is 6.06. The van der Waals surface area contributed by atoms with Crippen molar-refractivity contribution in [3.63, 3.8) is 0 Å². The van der Waals surface area contributed by atoms with E-state index >= 15 is 0 Å². The first-order chi connectivity index (χ1) is 14.4. The number of rotatable bonds is 4. The van der Waals surface area contributed by atoms with Crippen molar-refractivity contribution >= 4 is 28.8 Å². The van der Waals surface area contributed by atoms with Gasteiger partial charge in [0.1, 0.15) is 11.2 Å². The molecule has 0 aliphatic carbocycles. The maximum Gasteiger partial charge on any atom is 0.270 e. The third-order valence-electron chi connectivity index (χ3n) is 5.38. The molecular weight excluding hydrogens is 382 g/mol. The zero-order valence-electron chi connectivity index (χ0n) is 16.7. The maximum absolute atomic E-state index is 12.7. The van der Waals surface area contributed by atoms with Crippen LogP contribution in [-0.2, 0) is 0 Å². The first kappa shape index (κ1) is 19.6. The minimum atomic E-state index is -0.597. The Morgan fingerprint density at radius 2 is 2.03 bits per heavy atom. The van der Waals surface area contributed by atoms with Gasteiger partial charge in [0.15, 0.2) is 0 Å². The van der Waals surface area contributed by atoms with E-state index in [1.54, 1.807) is 42.6 Å². The molecule has 1 fully saturated rings. The third-order valence-corrected chi connectivity index (χ3v) is 5.38. The Morgan fingerprint density at radius 1 is 1.20 bits per heavy atom. The Morgan fingerprint density at radius 3 is 2.80 bits per heavy atom. The number of carbonyl (C=O) groups excluding carboxylic acids is 2. The molecule has 2 amide bonds. The van der Waals surface area contributed by atoms with Crippen LogP contribution in [0.1, 0.15) is 40.5 Å². The molecule has 1 unspecified atom stereocenters. The quantitative estimate of drug-likeness (QED) is 0.692. The number of anilines is 2. The fraction of sp³-hybridized carbons (Fsp3) is 0.273. The molecule has 30 heavy (non-hydrogen) atoms. The summed E-state index contributed by atoms with van der Waals surface area (Å²) < 4.78 is 1.31. The van der Waals surface area contributed by atoms with Crippen LogP contribution in [0.5, 0.6) is 0 Å². The van der Waals surface area contributed by atoms with E-state index in [2.05, 4.69) is 22.1 Å². The SMILES string of the molecule is CC1CCCN(c2ccc(NC(=O)c3cnc4ccccn4c3=O)cc2C(N)=O)C1. The lowest BCUT2D eigenvalue weighted by Crippen LogP contribution is -2.35. The smallest absolute Gasteiger partial charge is 0.270 e. The summed E-state index contributed by atoms with van der Waals surface area (Å²) in [6.45, 7) is 3.89. The standard InChI is InChI=1S/C22H23N5O3/c1-14-5-4-9-26(13-14)18-8-7-15(11-16(18)20(23)28)25-21(29)17-12-24-19-6-2-3-10-27(19)22(17)30/h2-3,6-8,10-12,14H,4-5,9,13H2,1H3,(H2,23,28)(H,25,29).